The van der Waals surface area contributed by atoms with Gasteiger partial charge >= 0.3 is 0 Å². The van der Waals surface area contributed by atoms with Crippen molar-refractivity contribution >= 4 is 17.5 Å². The quantitative estimate of drug-likeness (QED) is 0.734. The molecule has 0 aliphatic carbocycles. The van der Waals surface area contributed by atoms with E-state index in [1.165, 1.54) is 0 Å². The van der Waals surface area contributed by atoms with E-state index in [2.05, 4.69) is 10.6 Å². The van der Waals surface area contributed by atoms with E-state index in [1.807, 2.05) is 31.2 Å². The minimum atomic E-state index is -0.306. The smallest absolute Gasteiger partial charge is 0.249 e. The molecule has 1 aromatic carbocycles. The average Bonchev–Trinajstić information content (AvgIpc) is 2.22. The normalized spacial score (nSPS) is 20.4. The van der Waals surface area contributed by atoms with Gasteiger partial charge in [-0.1, -0.05) is 12.1 Å². The fourth-order valence-corrected chi connectivity index (χ4v) is 1.77. The van der Waals surface area contributed by atoms with E-state index in [9.17, 15) is 9.59 Å². The van der Waals surface area contributed by atoms with Gasteiger partial charge in [0.15, 0.2) is 0 Å². The van der Waals surface area contributed by atoms with Gasteiger partial charge in [-0.25, -0.2) is 0 Å². The summed E-state index contributed by atoms with van der Waals surface area (Å²) in [5.41, 5.74) is 2.05. The summed E-state index contributed by atoms with van der Waals surface area (Å²) in [6.45, 7) is 2.00. The van der Waals surface area contributed by atoms with Gasteiger partial charge in [-0.2, -0.15) is 0 Å². The number of benzene rings is 1. The van der Waals surface area contributed by atoms with E-state index in [0.717, 1.165) is 11.3 Å². The largest absolute Gasteiger partial charge is 0.374 e. The number of aryl methyl sites for hydroxylation is 1. The van der Waals surface area contributed by atoms with Crippen LogP contribution in [0.2, 0.25) is 0 Å². The lowest BCUT2D eigenvalue weighted by Gasteiger charge is -2.22. The van der Waals surface area contributed by atoms with Crippen molar-refractivity contribution in [3.63, 3.8) is 0 Å². The summed E-state index contributed by atoms with van der Waals surface area (Å²) >= 11 is 0. The second-order valence-electron chi connectivity index (χ2n) is 4.02. The van der Waals surface area contributed by atoms with Crippen molar-refractivity contribution in [3.8, 4) is 0 Å². The zero-order valence-corrected chi connectivity index (χ0v) is 9.12. The van der Waals surface area contributed by atoms with Crippen molar-refractivity contribution in [3.05, 3.63) is 29.8 Å². The first-order valence-electron chi connectivity index (χ1n) is 5.32. The average molecular weight is 218 g/mol. The molecule has 1 aliphatic heterocycles. The Morgan fingerprint density at radius 1 is 1.38 bits per heavy atom. The number of imide groups is 1. The Bertz CT molecular complexity index is 429. The van der Waals surface area contributed by atoms with E-state index >= 15 is 0 Å². The molecule has 1 saturated heterocycles. The monoisotopic (exact) mass is 218 g/mol. The lowest BCUT2D eigenvalue weighted by atomic mass is 10.1. The van der Waals surface area contributed by atoms with Gasteiger partial charge in [0.25, 0.3) is 0 Å². The number of amides is 2. The Labute approximate surface area is 94.0 Å². The molecule has 16 heavy (non-hydrogen) atoms. The first-order valence-corrected chi connectivity index (χ1v) is 5.32. The predicted molar refractivity (Wildman–Crippen MR) is 61.0 cm³/mol. The number of rotatable bonds is 2. The summed E-state index contributed by atoms with van der Waals surface area (Å²) in [6.07, 6.45) is 0.952. The molecule has 1 aliphatic rings. The van der Waals surface area contributed by atoms with Gasteiger partial charge < -0.3 is 5.32 Å². The molecule has 2 rings (SSSR count). The maximum atomic E-state index is 11.5. The number of carbonyl (C=O) groups excluding carboxylic acids is 2. The van der Waals surface area contributed by atoms with Crippen molar-refractivity contribution in [2.24, 2.45) is 0 Å². The van der Waals surface area contributed by atoms with Gasteiger partial charge in [-0.05, 0) is 31.0 Å². The minimum absolute atomic E-state index is 0.188. The molecule has 1 fully saturated rings. The minimum Gasteiger partial charge on any atom is -0.374 e. The van der Waals surface area contributed by atoms with E-state index in [0.29, 0.717) is 12.8 Å². The Morgan fingerprint density at radius 2 is 2.19 bits per heavy atom. The standard InChI is InChI=1S/C12H14N2O2/c1-8-3-2-4-9(7-8)13-10-5-6-11(15)14-12(10)16/h2-4,7,10,13H,5-6H2,1H3,(H,14,15,16). The molecule has 4 nitrogen and oxygen atoms in total. The van der Waals surface area contributed by atoms with E-state index < -0.39 is 0 Å². The van der Waals surface area contributed by atoms with E-state index in [1.54, 1.807) is 0 Å². The first-order chi connectivity index (χ1) is 7.65. The highest BCUT2D eigenvalue weighted by atomic mass is 16.2. The van der Waals surface area contributed by atoms with Crippen LogP contribution in [0.4, 0.5) is 5.69 Å². The molecule has 0 bridgehead atoms. The molecule has 84 valence electrons. The van der Waals surface area contributed by atoms with Gasteiger partial charge in [0.05, 0.1) is 0 Å². The van der Waals surface area contributed by atoms with Crippen molar-refractivity contribution in [1.82, 2.24) is 5.32 Å². The highest BCUT2D eigenvalue weighted by molar-refractivity contribution is 6.01. The molecule has 0 radical (unpaired) electrons. The predicted octanol–water partition coefficient (Wildman–Crippen LogP) is 1.21. The maximum Gasteiger partial charge on any atom is 0.249 e. The van der Waals surface area contributed by atoms with E-state index in [4.69, 9.17) is 0 Å². The Balaban J connectivity index is 2.05. The Morgan fingerprint density at radius 3 is 2.88 bits per heavy atom. The molecule has 2 N–H and O–H groups in total. The lowest BCUT2D eigenvalue weighted by molar-refractivity contribution is -0.133. The van der Waals surface area contributed by atoms with Crippen molar-refractivity contribution in [2.75, 3.05) is 5.32 Å². The summed E-state index contributed by atoms with van der Waals surface area (Å²) in [5.74, 6) is -0.426. The number of nitrogens with one attached hydrogen (secondary N) is 2. The Hall–Kier alpha value is -1.84. The molecule has 1 aromatic rings. The van der Waals surface area contributed by atoms with Crippen molar-refractivity contribution in [2.45, 2.75) is 25.8 Å². The van der Waals surface area contributed by atoms with Crippen molar-refractivity contribution < 1.29 is 9.59 Å². The van der Waals surface area contributed by atoms with Crippen LogP contribution in [0.3, 0.4) is 0 Å². The van der Waals surface area contributed by atoms with Crippen LogP contribution >= 0.6 is 0 Å². The van der Waals surface area contributed by atoms with Gasteiger partial charge in [0, 0.05) is 12.1 Å². The van der Waals surface area contributed by atoms with Crippen LogP contribution < -0.4 is 10.6 Å². The highest BCUT2D eigenvalue weighted by Gasteiger charge is 2.26. The summed E-state index contributed by atoms with van der Waals surface area (Å²) in [4.78, 5) is 22.5. The second-order valence-corrected chi connectivity index (χ2v) is 4.02. The third kappa shape index (κ3) is 2.39. The zero-order valence-electron chi connectivity index (χ0n) is 9.12. The SMILES string of the molecule is Cc1cccc(NC2CCC(=O)NC2=O)c1. The molecule has 0 spiro atoms. The summed E-state index contributed by atoms with van der Waals surface area (Å²) in [5, 5.41) is 5.45. The van der Waals surface area contributed by atoms with Gasteiger partial charge in [0.2, 0.25) is 11.8 Å². The van der Waals surface area contributed by atoms with Gasteiger partial charge in [-0.3, -0.25) is 14.9 Å². The highest BCUT2D eigenvalue weighted by Crippen LogP contribution is 2.14. The fraction of sp³-hybridized carbons (Fsp3) is 0.333. The van der Waals surface area contributed by atoms with Crippen LogP contribution in [-0.2, 0) is 9.59 Å². The third-order valence-electron chi connectivity index (χ3n) is 2.60. The topological polar surface area (TPSA) is 58.2 Å². The molecule has 2 amide bonds. The number of hydrogen-bond donors (Lipinski definition) is 2. The molecular weight excluding hydrogens is 204 g/mol. The van der Waals surface area contributed by atoms with Crippen molar-refractivity contribution in [1.29, 1.82) is 0 Å². The van der Waals surface area contributed by atoms with Crippen LogP contribution in [0, 0.1) is 6.92 Å². The summed E-state index contributed by atoms with van der Waals surface area (Å²) in [6, 6.07) is 7.51. The van der Waals surface area contributed by atoms with Crippen LogP contribution in [0.1, 0.15) is 18.4 Å². The summed E-state index contributed by atoms with van der Waals surface area (Å²) in [7, 11) is 0. The molecule has 0 aromatic heterocycles. The third-order valence-corrected chi connectivity index (χ3v) is 2.60. The Kier molecular flexibility index (Phi) is 2.90. The molecule has 0 saturated carbocycles. The second kappa shape index (κ2) is 4.35. The number of carbonyl (C=O) groups is 2. The molecule has 4 heteroatoms. The summed E-state index contributed by atoms with van der Waals surface area (Å²) < 4.78 is 0. The van der Waals surface area contributed by atoms with Crippen LogP contribution in [0.15, 0.2) is 24.3 Å². The molecular formula is C12H14N2O2. The number of hydrogen-bond acceptors (Lipinski definition) is 3. The van der Waals surface area contributed by atoms with Crippen LogP contribution in [0.5, 0.6) is 0 Å². The van der Waals surface area contributed by atoms with E-state index in [-0.39, 0.29) is 17.9 Å². The number of piperidine rings is 1. The molecule has 1 atom stereocenters. The van der Waals surface area contributed by atoms with Gasteiger partial charge in [0.1, 0.15) is 6.04 Å². The van der Waals surface area contributed by atoms with Gasteiger partial charge in [-0.15, -0.1) is 0 Å². The molecule has 1 heterocycles. The molecule has 1 unspecified atom stereocenters. The lowest BCUT2D eigenvalue weighted by Crippen LogP contribution is -2.47. The van der Waals surface area contributed by atoms with Crippen LogP contribution in [0.25, 0.3) is 0 Å². The maximum absolute atomic E-state index is 11.5. The zero-order chi connectivity index (χ0) is 11.5. The van der Waals surface area contributed by atoms with Crippen LogP contribution in [-0.4, -0.2) is 17.9 Å². The number of anilines is 1. The first kappa shape index (κ1) is 10.7. The fourth-order valence-electron chi connectivity index (χ4n) is 1.77.